The second-order valence-corrected chi connectivity index (χ2v) is 4.94. The van der Waals surface area contributed by atoms with Gasteiger partial charge in [0, 0.05) is 6.54 Å². The number of alkyl halides is 7. The van der Waals surface area contributed by atoms with Gasteiger partial charge in [-0.3, -0.25) is 9.48 Å². The molecule has 1 aromatic heterocycles. The van der Waals surface area contributed by atoms with Crippen molar-refractivity contribution in [1.29, 1.82) is 0 Å². The van der Waals surface area contributed by atoms with Crippen LogP contribution in [0.15, 0.2) is 10.7 Å². The van der Waals surface area contributed by atoms with Gasteiger partial charge in [-0.1, -0.05) is 0 Å². The van der Waals surface area contributed by atoms with Gasteiger partial charge in [-0.15, -0.1) is 0 Å². The summed E-state index contributed by atoms with van der Waals surface area (Å²) in [7, 11) is 0. The SMILES string of the molecule is CCn1ncc(Br)c1CNC(=O)C(F)(F)C(F)(F)C(F)(F)F. The van der Waals surface area contributed by atoms with E-state index in [1.807, 2.05) is 0 Å². The van der Waals surface area contributed by atoms with Gasteiger partial charge in [0.1, 0.15) is 0 Å². The number of aromatic nitrogens is 2. The van der Waals surface area contributed by atoms with Crippen LogP contribution in [-0.2, 0) is 17.9 Å². The van der Waals surface area contributed by atoms with Crippen molar-refractivity contribution in [1.82, 2.24) is 15.1 Å². The zero-order valence-corrected chi connectivity index (χ0v) is 12.4. The number of rotatable bonds is 5. The van der Waals surface area contributed by atoms with Gasteiger partial charge < -0.3 is 5.32 Å². The van der Waals surface area contributed by atoms with E-state index in [-0.39, 0.29) is 16.7 Å². The minimum Gasteiger partial charge on any atom is -0.345 e. The molecular weight excluding hydrogens is 391 g/mol. The van der Waals surface area contributed by atoms with E-state index >= 15 is 0 Å². The fourth-order valence-electron chi connectivity index (χ4n) is 1.43. The Kier molecular flexibility index (Phi) is 5.15. The minimum atomic E-state index is -6.56. The second-order valence-electron chi connectivity index (χ2n) is 4.08. The highest BCUT2D eigenvalue weighted by Crippen LogP contribution is 2.46. The van der Waals surface area contributed by atoms with E-state index < -0.39 is 30.5 Å². The molecule has 0 aliphatic heterocycles. The number of hydrogen-bond acceptors (Lipinski definition) is 2. The van der Waals surface area contributed by atoms with Crippen molar-refractivity contribution in [2.75, 3.05) is 0 Å². The Labute approximate surface area is 127 Å². The fourth-order valence-corrected chi connectivity index (χ4v) is 1.87. The average molecular weight is 400 g/mol. The average Bonchev–Trinajstić information content (AvgIpc) is 2.74. The first-order valence-corrected chi connectivity index (χ1v) is 6.46. The predicted octanol–water partition coefficient (Wildman–Crippen LogP) is 3.11. The maximum atomic E-state index is 13.1. The van der Waals surface area contributed by atoms with Gasteiger partial charge in [0.05, 0.1) is 22.9 Å². The lowest BCUT2D eigenvalue weighted by atomic mass is 10.1. The Bertz CT molecular complexity index is 555. The summed E-state index contributed by atoms with van der Waals surface area (Å²) in [4.78, 5) is 11.1. The molecule has 0 unspecified atom stereocenters. The standard InChI is InChI=1S/C10H9BrF7N3O/c1-2-21-6(5(11)3-20-21)4-19-7(22)8(12,13)9(14,15)10(16,17)18/h3H,2,4H2,1H3,(H,19,22). The van der Waals surface area contributed by atoms with Crippen LogP contribution in [0.5, 0.6) is 0 Å². The van der Waals surface area contributed by atoms with E-state index in [9.17, 15) is 35.5 Å². The minimum absolute atomic E-state index is 0.141. The summed E-state index contributed by atoms with van der Waals surface area (Å²) in [5.41, 5.74) is 0.141. The molecule has 12 heteroatoms. The maximum absolute atomic E-state index is 13.1. The molecule has 0 spiro atoms. The van der Waals surface area contributed by atoms with E-state index in [0.29, 0.717) is 0 Å². The number of aryl methyl sites for hydroxylation is 1. The number of amides is 1. The molecule has 0 aliphatic carbocycles. The molecule has 0 saturated heterocycles. The van der Waals surface area contributed by atoms with Crippen molar-refractivity contribution in [2.24, 2.45) is 0 Å². The fraction of sp³-hybridized carbons (Fsp3) is 0.600. The zero-order valence-electron chi connectivity index (χ0n) is 10.8. The number of halogens is 8. The van der Waals surface area contributed by atoms with Crippen molar-refractivity contribution in [2.45, 2.75) is 38.0 Å². The molecule has 1 N–H and O–H groups in total. The van der Waals surface area contributed by atoms with Crippen LogP contribution < -0.4 is 5.32 Å². The largest absolute Gasteiger partial charge is 0.460 e. The van der Waals surface area contributed by atoms with Crippen LogP contribution in [0.2, 0.25) is 0 Å². The number of nitrogens with one attached hydrogen (secondary N) is 1. The summed E-state index contributed by atoms with van der Waals surface area (Å²) in [6.07, 6.45) is -5.30. The number of nitrogens with zero attached hydrogens (tertiary/aromatic N) is 2. The Morgan fingerprint density at radius 2 is 1.82 bits per heavy atom. The molecule has 0 atom stereocenters. The summed E-state index contributed by atoms with van der Waals surface area (Å²) >= 11 is 2.98. The normalized spacial score (nSPS) is 13.3. The Morgan fingerprint density at radius 1 is 1.27 bits per heavy atom. The van der Waals surface area contributed by atoms with E-state index in [1.165, 1.54) is 16.2 Å². The molecule has 1 heterocycles. The van der Waals surface area contributed by atoms with Crippen molar-refractivity contribution in [3.05, 3.63) is 16.4 Å². The summed E-state index contributed by atoms with van der Waals surface area (Å²) in [5.74, 6) is -15.1. The predicted molar refractivity (Wildman–Crippen MR) is 63.4 cm³/mol. The number of carbonyl (C=O) groups is 1. The highest BCUT2D eigenvalue weighted by molar-refractivity contribution is 9.10. The lowest BCUT2D eigenvalue weighted by Gasteiger charge is -2.27. The topological polar surface area (TPSA) is 46.9 Å². The van der Waals surface area contributed by atoms with E-state index in [4.69, 9.17) is 0 Å². The van der Waals surface area contributed by atoms with Crippen molar-refractivity contribution in [3.8, 4) is 0 Å². The first-order chi connectivity index (χ1) is 9.86. The second kappa shape index (κ2) is 6.05. The molecule has 1 rings (SSSR count). The number of carbonyl (C=O) groups excluding carboxylic acids is 1. The Hall–Kier alpha value is -1.33. The Morgan fingerprint density at radius 3 is 2.27 bits per heavy atom. The molecule has 0 bridgehead atoms. The van der Waals surface area contributed by atoms with Crippen molar-refractivity contribution in [3.63, 3.8) is 0 Å². The third-order valence-corrected chi connectivity index (χ3v) is 3.31. The first kappa shape index (κ1) is 18.7. The Balaban J connectivity index is 2.91. The molecule has 1 aromatic rings. The lowest BCUT2D eigenvalue weighted by molar-refractivity contribution is -0.344. The number of hydrogen-bond donors (Lipinski definition) is 1. The third-order valence-electron chi connectivity index (χ3n) is 2.65. The van der Waals surface area contributed by atoms with Crippen LogP contribution in [0.1, 0.15) is 12.6 Å². The summed E-state index contributed by atoms with van der Waals surface area (Å²) < 4.78 is 88.9. The third kappa shape index (κ3) is 3.20. The molecule has 0 aromatic carbocycles. The molecule has 0 radical (unpaired) electrons. The monoisotopic (exact) mass is 399 g/mol. The molecule has 4 nitrogen and oxygen atoms in total. The van der Waals surface area contributed by atoms with Gasteiger partial charge in [0.2, 0.25) is 0 Å². The first-order valence-electron chi connectivity index (χ1n) is 5.67. The van der Waals surface area contributed by atoms with Crippen LogP contribution >= 0.6 is 15.9 Å². The zero-order chi connectivity index (χ0) is 17.3. The molecule has 22 heavy (non-hydrogen) atoms. The van der Waals surface area contributed by atoms with Gasteiger partial charge in [0.25, 0.3) is 5.91 Å². The maximum Gasteiger partial charge on any atom is 0.460 e. The van der Waals surface area contributed by atoms with E-state index in [2.05, 4.69) is 21.0 Å². The van der Waals surface area contributed by atoms with Crippen molar-refractivity contribution < 1.29 is 35.5 Å². The van der Waals surface area contributed by atoms with Crippen LogP contribution in [0.3, 0.4) is 0 Å². The van der Waals surface area contributed by atoms with Gasteiger partial charge >= 0.3 is 18.0 Å². The van der Waals surface area contributed by atoms with Gasteiger partial charge in [-0.2, -0.15) is 35.8 Å². The smallest absolute Gasteiger partial charge is 0.345 e. The van der Waals surface area contributed by atoms with Gasteiger partial charge in [-0.05, 0) is 22.9 Å². The molecule has 0 saturated carbocycles. The van der Waals surface area contributed by atoms with E-state index in [0.717, 1.165) is 0 Å². The van der Waals surface area contributed by atoms with Crippen LogP contribution in [0.25, 0.3) is 0 Å². The summed E-state index contributed by atoms with van der Waals surface area (Å²) in [6, 6.07) is 0. The molecule has 0 aliphatic rings. The molecule has 1 amide bonds. The van der Waals surface area contributed by atoms with Crippen LogP contribution in [0, 0.1) is 0 Å². The van der Waals surface area contributed by atoms with Gasteiger partial charge in [0.15, 0.2) is 0 Å². The van der Waals surface area contributed by atoms with E-state index in [1.54, 1.807) is 6.92 Å². The highest BCUT2D eigenvalue weighted by atomic mass is 79.9. The van der Waals surface area contributed by atoms with Crippen LogP contribution in [0.4, 0.5) is 30.7 Å². The molecule has 0 fully saturated rings. The summed E-state index contributed by atoms with van der Waals surface area (Å²) in [6.45, 7) is 1.19. The highest BCUT2D eigenvalue weighted by Gasteiger charge is 2.76. The quantitative estimate of drug-likeness (QED) is 0.773. The lowest BCUT2D eigenvalue weighted by Crippen LogP contribution is -2.59. The van der Waals surface area contributed by atoms with Gasteiger partial charge in [-0.25, -0.2) is 0 Å². The summed E-state index contributed by atoms with van der Waals surface area (Å²) in [5, 5.41) is 5.12. The van der Waals surface area contributed by atoms with Crippen molar-refractivity contribution >= 4 is 21.8 Å². The molecule has 126 valence electrons. The van der Waals surface area contributed by atoms with Crippen LogP contribution in [-0.4, -0.2) is 33.7 Å². The molecular formula is C10H9BrF7N3O.